The summed E-state index contributed by atoms with van der Waals surface area (Å²) in [7, 11) is 0. The molecule has 1 fully saturated rings. The quantitative estimate of drug-likeness (QED) is 0.0420. The zero-order valence-corrected chi connectivity index (χ0v) is 29.5. The Morgan fingerprint density at radius 3 is 2.29 bits per heavy atom. The van der Waals surface area contributed by atoms with Crippen molar-refractivity contribution in [2.24, 2.45) is 28.1 Å². The standard InChI is InChI=1S/C34H51N11O7/c1-20(2)14-23(35)33(52)45-13-7-11-27(45)32(51)44-25(15-21-8-4-3-5-9-21)31(50)42-24(10-6-12-39-34(36)37)30(49)43-26(16-22-17-38-19-41-22)29(48)40-18-28(46)47/h3-5,8-9,17,19-20,23-27H,6-7,10-16,18,35H2,1-2H3,(H,38,41)(H,40,48)(H,42,50)(H,43,49)(H,44,51)(H,46,47)(H4,36,37,39)/t23-,24-,25-,26-,27-/m0/s1. The van der Waals surface area contributed by atoms with Crippen LogP contribution in [0.15, 0.2) is 47.8 Å². The molecule has 1 aliphatic rings. The van der Waals surface area contributed by atoms with Gasteiger partial charge in [0.25, 0.3) is 0 Å². The van der Waals surface area contributed by atoms with Crippen molar-refractivity contribution in [2.75, 3.05) is 19.6 Å². The number of aromatic nitrogens is 2. The molecular formula is C34H51N11O7. The Labute approximate surface area is 302 Å². The number of nitrogens with one attached hydrogen (secondary N) is 5. The highest BCUT2D eigenvalue weighted by molar-refractivity contribution is 5.96. The highest BCUT2D eigenvalue weighted by Gasteiger charge is 2.38. The number of benzene rings is 1. The second-order valence-corrected chi connectivity index (χ2v) is 13.1. The Morgan fingerprint density at radius 2 is 1.65 bits per heavy atom. The Hall–Kier alpha value is -5.52. The summed E-state index contributed by atoms with van der Waals surface area (Å²) in [6.07, 6.45) is 4.56. The zero-order chi connectivity index (χ0) is 38.2. The number of aliphatic carboxylic acids is 1. The molecule has 0 saturated carbocycles. The Bertz CT molecular complexity index is 1530. The Balaban J connectivity index is 1.85. The lowest BCUT2D eigenvalue weighted by Gasteiger charge is -2.29. The predicted octanol–water partition coefficient (Wildman–Crippen LogP) is -1.73. The normalized spacial score (nSPS) is 16.2. The molecule has 3 rings (SSSR count). The molecule has 0 radical (unpaired) electrons. The molecule has 0 aliphatic carbocycles. The van der Waals surface area contributed by atoms with E-state index in [0.29, 0.717) is 31.5 Å². The van der Waals surface area contributed by atoms with Gasteiger partial charge in [0.2, 0.25) is 29.5 Å². The number of aromatic amines is 1. The monoisotopic (exact) mass is 725 g/mol. The molecule has 18 nitrogen and oxygen atoms in total. The summed E-state index contributed by atoms with van der Waals surface area (Å²) in [6, 6.07) is 3.73. The first-order valence-electron chi connectivity index (χ1n) is 17.3. The molecule has 52 heavy (non-hydrogen) atoms. The van der Waals surface area contributed by atoms with Gasteiger partial charge in [-0.3, -0.25) is 33.8 Å². The molecule has 1 aliphatic heterocycles. The van der Waals surface area contributed by atoms with Crippen molar-refractivity contribution in [1.29, 1.82) is 0 Å². The highest BCUT2D eigenvalue weighted by atomic mass is 16.4. The maximum absolute atomic E-state index is 14.0. The van der Waals surface area contributed by atoms with Crippen molar-refractivity contribution in [1.82, 2.24) is 36.1 Å². The molecule has 0 unspecified atom stereocenters. The van der Waals surface area contributed by atoms with Gasteiger partial charge in [-0.15, -0.1) is 0 Å². The van der Waals surface area contributed by atoms with Crippen LogP contribution in [0.3, 0.4) is 0 Å². The maximum atomic E-state index is 14.0. The SMILES string of the molecule is CC(C)C[C@H](N)C(=O)N1CCC[C@H]1C(=O)N[C@@H](Cc1ccccc1)C(=O)N[C@@H](CCCN=C(N)N)C(=O)N[C@@H](Cc1cnc[nH]1)C(=O)NCC(=O)O. The van der Waals surface area contributed by atoms with E-state index in [4.69, 9.17) is 22.3 Å². The number of carbonyl (C=O) groups excluding carboxylic acids is 5. The Kier molecular flexibility index (Phi) is 16.0. The molecule has 1 aromatic carbocycles. The summed E-state index contributed by atoms with van der Waals surface area (Å²) in [4.78, 5) is 91.0. The van der Waals surface area contributed by atoms with Gasteiger partial charge >= 0.3 is 5.97 Å². The van der Waals surface area contributed by atoms with E-state index in [2.05, 4.69) is 36.2 Å². The van der Waals surface area contributed by atoms with E-state index in [-0.39, 0.29) is 50.0 Å². The van der Waals surface area contributed by atoms with Gasteiger partial charge in [0.1, 0.15) is 30.7 Å². The number of hydrogen-bond acceptors (Lipinski definition) is 9. The van der Waals surface area contributed by atoms with Crippen molar-refractivity contribution in [3.63, 3.8) is 0 Å². The first kappa shape index (κ1) is 40.9. The molecule has 18 heteroatoms. The number of carboxylic acid groups (broad SMARTS) is 1. The molecule has 12 N–H and O–H groups in total. The second kappa shape index (κ2) is 20.4. The van der Waals surface area contributed by atoms with Crippen LogP contribution in [0.5, 0.6) is 0 Å². The minimum atomic E-state index is -1.28. The van der Waals surface area contributed by atoms with Crippen LogP contribution >= 0.6 is 0 Å². The van der Waals surface area contributed by atoms with Crippen LogP contribution in [0.4, 0.5) is 0 Å². The number of guanidine groups is 1. The summed E-state index contributed by atoms with van der Waals surface area (Å²) in [5, 5.41) is 19.5. The van der Waals surface area contributed by atoms with E-state index in [9.17, 15) is 28.8 Å². The van der Waals surface area contributed by atoms with Gasteiger partial charge in [-0.1, -0.05) is 44.2 Å². The largest absolute Gasteiger partial charge is 0.480 e. The number of carboxylic acids is 1. The number of rotatable bonds is 20. The minimum absolute atomic E-state index is 0.0342. The van der Waals surface area contributed by atoms with Crippen molar-refractivity contribution >= 4 is 41.5 Å². The lowest BCUT2D eigenvalue weighted by molar-refractivity contribution is -0.140. The number of carbonyl (C=O) groups is 6. The number of H-pyrrole nitrogens is 1. The summed E-state index contributed by atoms with van der Waals surface area (Å²) < 4.78 is 0. The van der Waals surface area contributed by atoms with Gasteiger partial charge in [0, 0.05) is 37.8 Å². The molecule has 0 bridgehead atoms. The van der Waals surface area contributed by atoms with E-state index in [1.165, 1.54) is 17.4 Å². The van der Waals surface area contributed by atoms with Crippen LogP contribution in [0.25, 0.3) is 0 Å². The molecule has 5 atom stereocenters. The van der Waals surface area contributed by atoms with Crippen molar-refractivity contribution in [3.05, 3.63) is 54.1 Å². The van der Waals surface area contributed by atoms with E-state index in [0.717, 1.165) is 5.56 Å². The summed E-state index contributed by atoms with van der Waals surface area (Å²) in [5.41, 5.74) is 18.3. The Morgan fingerprint density at radius 1 is 0.981 bits per heavy atom. The average Bonchev–Trinajstić information content (AvgIpc) is 3.80. The van der Waals surface area contributed by atoms with Crippen LogP contribution < -0.4 is 38.5 Å². The number of nitrogens with zero attached hydrogens (tertiary/aromatic N) is 3. The van der Waals surface area contributed by atoms with E-state index < -0.39 is 66.4 Å². The van der Waals surface area contributed by atoms with Crippen molar-refractivity contribution in [3.8, 4) is 0 Å². The summed E-state index contributed by atoms with van der Waals surface area (Å²) in [5.74, 6) is -4.32. The van der Waals surface area contributed by atoms with Crippen LogP contribution in [0, 0.1) is 5.92 Å². The highest BCUT2D eigenvalue weighted by Crippen LogP contribution is 2.20. The number of imidazole rings is 1. The van der Waals surface area contributed by atoms with E-state index >= 15 is 0 Å². The fourth-order valence-corrected chi connectivity index (χ4v) is 5.88. The van der Waals surface area contributed by atoms with Gasteiger partial charge in [-0.05, 0) is 43.6 Å². The minimum Gasteiger partial charge on any atom is -0.480 e. The fraction of sp³-hybridized carbons (Fsp3) is 0.529. The smallest absolute Gasteiger partial charge is 0.322 e. The lowest BCUT2D eigenvalue weighted by atomic mass is 10.0. The molecule has 1 saturated heterocycles. The second-order valence-electron chi connectivity index (χ2n) is 13.1. The van der Waals surface area contributed by atoms with Gasteiger partial charge < -0.3 is 53.5 Å². The number of nitrogens with two attached hydrogens (primary N) is 3. The first-order valence-corrected chi connectivity index (χ1v) is 17.3. The number of hydrogen-bond donors (Lipinski definition) is 9. The fourth-order valence-electron chi connectivity index (χ4n) is 5.88. The molecule has 2 heterocycles. The van der Waals surface area contributed by atoms with Crippen molar-refractivity contribution < 1.29 is 33.9 Å². The van der Waals surface area contributed by atoms with Gasteiger partial charge in [-0.25, -0.2) is 4.98 Å². The molecule has 5 amide bonds. The third-order valence-electron chi connectivity index (χ3n) is 8.40. The number of likely N-dealkylation sites (tertiary alicyclic amines) is 1. The maximum Gasteiger partial charge on any atom is 0.322 e. The third-order valence-corrected chi connectivity index (χ3v) is 8.40. The molecule has 2 aromatic rings. The van der Waals surface area contributed by atoms with Crippen LogP contribution in [-0.4, -0.2) is 111 Å². The summed E-state index contributed by atoms with van der Waals surface area (Å²) >= 11 is 0. The lowest BCUT2D eigenvalue weighted by Crippen LogP contribution is -2.59. The predicted molar refractivity (Wildman–Crippen MR) is 191 cm³/mol. The topological polar surface area (TPSA) is 293 Å². The van der Waals surface area contributed by atoms with Crippen LogP contribution in [0.2, 0.25) is 0 Å². The van der Waals surface area contributed by atoms with Gasteiger partial charge in [0.15, 0.2) is 5.96 Å². The molecule has 1 aromatic heterocycles. The average molecular weight is 726 g/mol. The molecule has 0 spiro atoms. The first-order chi connectivity index (χ1) is 24.7. The van der Waals surface area contributed by atoms with Gasteiger partial charge in [-0.2, -0.15) is 0 Å². The van der Waals surface area contributed by atoms with Crippen LogP contribution in [0.1, 0.15) is 57.2 Å². The summed E-state index contributed by atoms with van der Waals surface area (Å²) in [6.45, 7) is 3.72. The molecule has 284 valence electrons. The zero-order valence-electron chi connectivity index (χ0n) is 29.5. The molecular weight excluding hydrogens is 674 g/mol. The van der Waals surface area contributed by atoms with Crippen LogP contribution in [-0.2, 0) is 41.6 Å². The third kappa shape index (κ3) is 13.3. The number of amides is 5. The van der Waals surface area contributed by atoms with E-state index in [1.54, 1.807) is 24.3 Å². The van der Waals surface area contributed by atoms with Gasteiger partial charge in [0.05, 0.1) is 12.4 Å². The number of aliphatic imine (C=N–C) groups is 1. The van der Waals surface area contributed by atoms with E-state index in [1.807, 2.05) is 19.9 Å². The van der Waals surface area contributed by atoms with Crippen molar-refractivity contribution in [2.45, 2.75) is 89.0 Å².